The zero-order valence-corrected chi connectivity index (χ0v) is 34.3. The molecule has 3 heterocycles. The van der Waals surface area contributed by atoms with Crippen molar-refractivity contribution in [3.05, 3.63) is 218 Å². The summed E-state index contributed by atoms with van der Waals surface area (Å²) in [7, 11) is 0. The minimum absolute atomic E-state index is 0.858. The lowest BCUT2D eigenvalue weighted by Crippen LogP contribution is -2.13. The molecule has 4 heteroatoms. The molecule has 10 aromatic carbocycles. The van der Waals surface area contributed by atoms with Gasteiger partial charge in [0.1, 0.15) is 11.2 Å². The summed E-state index contributed by atoms with van der Waals surface area (Å²) in [6.45, 7) is 0. The minimum Gasteiger partial charge on any atom is -0.455 e. The van der Waals surface area contributed by atoms with E-state index in [-0.39, 0.29) is 0 Å². The van der Waals surface area contributed by atoms with Gasteiger partial charge in [-0.25, -0.2) is 0 Å². The summed E-state index contributed by atoms with van der Waals surface area (Å²) in [5, 5.41) is 9.57. The van der Waals surface area contributed by atoms with Gasteiger partial charge < -0.3 is 13.9 Å². The molecular formula is C58H36N2OS. The molecule has 0 aliphatic heterocycles. The van der Waals surface area contributed by atoms with E-state index in [0.717, 1.165) is 61.4 Å². The van der Waals surface area contributed by atoms with E-state index >= 15 is 0 Å². The molecule has 0 saturated carbocycles. The summed E-state index contributed by atoms with van der Waals surface area (Å²) in [6, 6.07) is 79.3. The van der Waals surface area contributed by atoms with Gasteiger partial charge in [-0.3, -0.25) is 0 Å². The molecule has 13 rings (SSSR count). The van der Waals surface area contributed by atoms with Gasteiger partial charge in [0.05, 0.1) is 28.1 Å². The first-order valence-corrected chi connectivity index (χ1v) is 21.9. The predicted molar refractivity (Wildman–Crippen MR) is 264 cm³/mol. The van der Waals surface area contributed by atoms with E-state index in [1.165, 1.54) is 58.3 Å². The zero-order valence-electron chi connectivity index (χ0n) is 33.5. The lowest BCUT2D eigenvalue weighted by molar-refractivity contribution is 0.670. The third-order valence-corrected chi connectivity index (χ3v) is 13.7. The first-order chi connectivity index (χ1) is 30.8. The molecule has 0 bridgehead atoms. The summed E-state index contributed by atoms with van der Waals surface area (Å²) in [6.07, 6.45) is 0. The van der Waals surface area contributed by atoms with Crippen molar-refractivity contribution in [1.29, 1.82) is 0 Å². The van der Waals surface area contributed by atoms with Crippen molar-refractivity contribution in [2.24, 2.45) is 0 Å². The summed E-state index contributed by atoms with van der Waals surface area (Å²) < 4.78 is 12.0. The van der Waals surface area contributed by atoms with Gasteiger partial charge in [-0.15, -0.1) is 11.3 Å². The first kappa shape index (κ1) is 34.9. The third-order valence-electron chi connectivity index (χ3n) is 12.6. The fraction of sp³-hybridized carbons (Fsp3) is 0. The van der Waals surface area contributed by atoms with Gasteiger partial charge >= 0.3 is 0 Å². The molecule has 0 aliphatic carbocycles. The number of rotatable bonds is 6. The Hall–Kier alpha value is -7.92. The van der Waals surface area contributed by atoms with Crippen molar-refractivity contribution in [2.75, 3.05) is 4.90 Å². The first-order valence-electron chi connectivity index (χ1n) is 21.1. The number of anilines is 3. The fourth-order valence-corrected chi connectivity index (χ4v) is 10.9. The molecule has 0 amide bonds. The SMILES string of the molecule is c1cc(-c2c(N(c3ccccc3-c3ccc4sc5ccccc5c4c3)c3cccc4ccccc34)ccc3c2oc2ccccc23)cc(-n2c3ccccc3c3ccccc32)c1. The Labute approximate surface area is 361 Å². The summed E-state index contributed by atoms with van der Waals surface area (Å²) in [5.74, 6) is 0. The molecule has 13 aromatic rings. The van der Waals surface area contributed by atoms with Crippen molar-refractivity contribution < 1.29 is 4.42 Å². The maximum atomic E-state index is 7.02. The molecule has 0 N–H and O–H groups in total. The number of para-hydroxylation sites is 4. The van der Waals surface area contributed by atoms with Crippen molar-refractivity contribution >= 4 is 103 Å². The van der Waals surface area contributed by atoms with Gasteiger partial charge in [0.2, 0.25) is 0 Å². The van der Waals surface area contributed by atoms with E-state index in [4.69, 9.17) is 4.42 Å². The smallest absolute Gasteiger partial charge is 0.145 e. The second-order valence-corrected chi connectivity index (χ2v) is 17.1. The Morgan fingerprint density at radius 2 is 1.03 bits per heavy atom. The van der Waals surface area contributed by atoms with Gasteiger partial charge in [-0.2, -0.15) is 0 Å². The number of hydrogen-bond acceptors (Lipinski definition) is 3. The maximum Gasteiger partial charge on any atom is 0.145 e. The third kappa shape index (κ3) is 5.30. The summed E-state index contributed by atoms with van der Waals surface area (Å²) in [5.41, 5.74) is 12.8. The standard InChI is InChI=1S/C58H36N2OS/c1-2-19-41-37(15-1)16-14-28-50(41)60(49-25-8-3-20-42(49)38-31-34-56-48(36-38)46-24-7-12-30-55(46)62-56)53-33-32-47-45-23-6-11-29-54(45)61-58(47)57(53)39-17-13-18-40(35-39)59-51-26-9-4-21-43(51)44-22-5-10-27-52(44)59/h1-36H. The van der Waals surface area contributed by atoms with E-state index < -0.39 is 0 Å². The highest BCUT2D eigenvalue weighted by molar-refractivity contribution is 7.25. The van der Waals surface area contributed by atoms with Crippen LogP contribution < -0.4 is 4.90 Å². The molecule has 0 unspecified atom stereocenters. The van der Waals surface area contributed by atoms with Crippen LogP contribution in [0.15, 0.2) is 223 Å². The largest absolute Gasteiger partial charge is 0.455 e. The van der Waals surface area contributed by atoms with Crippen LogP contribution in [-0.4, -0.2) is 4.57 Å². The molecule has 0 saturated heterocycles. The van der Waals surface area contributed by atoms with Crippen LogP contribution in [0.1, 0.15) is 0 Å². The lowest BCUT2D eigenvalue weighted by atomic mass is 9.95. The second kappa shape index (κ2) is 13.8. The quantitative estimate of drug-likeness (QED) is 0.167. The number of hydrogen-bond donors (Lipinski definition) is 0. The molecule has 0 aliphatic rings. The average molecular weight is 809 g/mol. The van der Waals surface area contributed by atoms with Crippen molar-refractivity contribution in [3.8, 4) is 27.9 Å². The van der Waals surface area contributed by atoms with Crippen LogP contribution in [0.4, 0.5) is 17.1 Å². The van der Waals surface area contributed by atoms with Crippen LogP contribution >= 0.6 is 11.3 Å². The number of nitrogens with zero attached hydrogens (tertiary/aromatic N) is 2. The van der Waals surface area contributed by atoms with Crippen LogP contribution in [0.5, 0.6) is 0 Å². The van der Waals surface area contributed by atoms with Gasteiger partial charge in [0, 0.05) is 63.9 Å². The van der Waals surface area contributed by atoms with E-state index in [9.17, 15) is 0 Å². The van der Waals surface area contributed by atoms with Gasteiger partial charge in [-0.1, -0.05) is 146 Å². The molecule has 3 aromatic heterocycles. The highest BCUT2D eigenvalue weighted by atomic mass is 32.1. The highest BCUT2D eigenvalue weighted by Crippen LogP contribution is 2.51. The number of fused-ring (bicyclic) bond motifs is 10. The van der Waals surface area contributed by atoms with Crippen LogP contribution in [0, 0.1) is 0 Å². The van der Waals surface area contributed by atoms with Gasteiger partial charge in [0.15, 0.2) is 0 Å². The van der Waals surface area contributed by atoms with Crippen molar-refractivity contribution in [2.45, 2.75) is 0 Å². The Morgan fingerprint density at radius 3 is 1.89 bits per heavy atom. The van der Waals surface area contributed by atoms with Gasteiger partial charge in [-0.05, 0) is 89.3 Å². The molecule has 0 spiro atoms. The Bertz CT molecular complexity index is 3850. The zero-order chi connectivity index (χ0) is 40.7. The van der Waals surface area contributed by atoms with E-state index in [1.54, 1.807) is 0 Å². The highest BCUT2D eigenvalue weighted by Gasteiger charge is 2.26. The molecule has 0 atom stereocenters. The van der Waals surface area contributed by atoms with Gasteiger partial charge in [0.25, 0.3) is 0 Å². The minimum atomic E-state index is 0.858. The van der Waals surface area contributed by atoms with E-state index in [1.807, 2.05) is 11.3 Å². The Morgan fingerprint density at radius 1 is 0.387 bits per heavy atom. The Kier molecular flexibility index (Phi) is 7.78. The van der Waals surface area contributed by atoms with Crippen LogP contribution in [0.2, 0.25) is 0 Å². The summed E-state index contributed by atoms with van der Waals surface area (Å²) >= 11 is 1.85. The molecule has 62 heavy (non-hydrogen) atoms. The molecular weight excluding hydrogens is 773 g/mol. The predicted octanol–water partition coefficient (Wildman–Crippen LogP) is 17.0. The van der Waals surface area contributed by atoms with E-state index in [2.05, 4.69) is 228 Å². The topological polar surface area (TPSA) is 21.3 Å². The molecule has 0 radical (unpaired) electrons. The van der Waals surface area contributed by atoms with Crippen LogP contribution in [0.3, 0.4) is 0 Å². The monoisotopic (exact) mass is 808 g/mol. The maximum absolute atomic E-state index is 7.02. The molecule has 0 fully saturated rings. The summed E-state index contributed by atoms with van der Waals surface area (Å²) in [4.78, 5) is 2.47. The fourth-order valence-electron chi connectivity index (χ4n) is 9.84. The van der Waals surface area contributed by atoms with Crippen LogP contribution in [-0.2, 0) is 0 Å². The Balaban J connectivity index is 1.12. The van der Waals surface area contributed by atoms with Crippen LogP contribution in [0.25, 0.3) is 103 Å². The lowest BCUT2D eigenvalue weighted by Gasteiger charge is -2.31. The average Bonchev–Trinajstić information content (AvgIpc) is 4.01. The number of furan rings is 1. The number of aromatic nitrogens is 1. The van der Waals surface area contributed by atoms with E-state index in [0.29, 0.717) is 0 Å². The molecule has 290 valence electrons. The number of thiophene rings is 1. The second-order valence-electron chi connectivity index (χ2n) is 16.0. The van der Waals surface area contributed by atoms with Crippen molar-refractivity contribution in [3.63, 3.8) is 0 Å². The normalized spacial score (nSPS) is 11.9. The number of benzene rings is 10. The molecule has 3 nitrogen and oxygen atoms in total. The van der Waals surface area contributed by atoms with Crippen molar-refractivity contribution in [1.82, 2.24) is 4.57 Å².